The number of hydrogen-bond acceptors (Lipinski definition) is 4. The fourth-order valence-corrected chi connectivity index (χ4v) is 4.04. The van der Waals surface area contributed by atoms with Crippen molar-refractivity contribution < 1.29 is 4.79 Å². The zero-order valence-electron chi connectivity index (χ0n) is 14.5. The number of nitrogens with one attached hydrogen (secondary N) is 1. The molecule has 4 rings (SSSR count). The fourth-order valence-electron chi connectivity index (χ4n) is 2.87. The van der Waals surface area contributed by atoms with Gasteiger partial charge in [0.05, 0.1) is 5.57 Å². The number of amidine groups is 2. The second-order valence-corrected chi connectivity index (χ2v) is 7.52. The van der Waals surface area contributed by atoms with Crippen LogP contribution in [0.3, 0.4) is 0 Å². The molecular weight excluding hydrogens is 382 g/mol. The smallest absolute Gasteiger partial charge is 0.283 e. The molecule has 0 bridgehead atoms. The average molecular weight is 398 g/mol. The van der Waals surface area contributed by atoms with Crippen molar-refractivity contribution in [1.82, 2.24) is 9.58 Å². The summed E-state index contributed by atoms with van der Waals surface area (Å²) in [6.07, 6.45) is 5.30. The molecule has 0 fully saturated rings. The number of amides is 1. The van der Waals surface area contributed by atoms with Crippen LogP contribution in [-0.4, -0.2) is 31.5 Å². The van der Waals surface area contributed by atoms with Gasteiger partial charge in [-0.3, -0.25) is 10.2 Å². The summed E-state index contributed by atoms with van der Waals surface area (Å²) in [6, 6.07) is 11.2. The first-order chi connectivity index (χ1) is 13.1. The van der Waals surface area contributed by atoms with Crippen molar-refractivity contribution in [2.45, 2.75) is 19.8 Å². The first kappa shape index (κ1) is 17.8. The van der Waals surface area contributed by atoms with Gasteiger partial charge in [0.15, 0.2) is 5.84 Å². The first-order valence-electron chi connectivity index (χ1n) is 8.49. The molecule has 1 aromatic heterocycles. The summed E-state index contributed by atoms with van der Waals surface area (Å²) < 4.78 is 1.91. The van der Waals surface area contributed by atoms with Gasteiger partial charge in [-0.05, 0) is 61.0 Å². The first-order valence-corrected chi connectivity index (χ1v) is 9.68. The molecule has 0 saturated heterocycles. The normalized spacial score (nSPS) is 18.0. The molecule has 2 aliphatic rings. The van der Waals surface area contributed by atoms with Crippen molar-refractivity contribution in [3.8, 4) is 5.69 Å². The molecule has 1 amide bonds. The Morgan fingerprint density at radius 3 is 2.93 bits per heavy atom. The van der Waals surface area contributed by atoms with Gasteiger partial charge in [-0.25, -0.2) is 0 Å². The number of aliphatic imine (C=N–C) groups is 1. The van der Waals surface area contributed by atoms with Gasteiger partial charge in [-0.1, -0.05) is 24.6 Å². The lowest BCUT2D eigenvalue weighted by atomic mass is 10.1. The fraction of sp³-hybridized carbons (Fsp3) is 0.158. The van der Waals surface area contributed by atoms with Gasteiger partial charge in [0.1, 0.15) is 5.04 Å². The Morgan fingerprint density at radius 2 is 2.15 bits per heavy atom. The highest BCUT2D eigenvalue weighted by atomic mass is 35.5. The minimum Gasteiger partial charge on any atom is -0.317 e. The Morgan fingerprint density at radius 1 is 1.30 bits per heavy atom. The Hall–Kier alpha value is -2.64. The van der Waals surface area contributed by atoms with Crippen LogP contribution in [0.2, 0.25) is 5.02 Å². The topological polar surface area (TPSA) is 73.8 Å². The largest absolute Gasteiger partial charge is 0.317 e. The number of fused-ring (bicyclic) bond motifs is 1. The monoisotopic (exact) mass is 397 g/mol. The van der Waals surface area contributed by atoms with Crippen LogP contribution in [0.1, 0.15) is 25.5 Å². The third-order valence-corrected chi connectivity index (χ3v) is 5.32. The van der Waals surface area contributed by atoms with Crippen LogP contribution in [0.4, 0.5) is 0 Å². The highest BCUT2D eigenvalue weighted by Gasteiger charge is 2.35. The molecule has 6 nitrogen and oxygen atoms in total. The molecule has 8 heteroatoms. The summed E-state index contributed by atoms with van der Waals surface area (Å²) in [7, 11) is 0. The molecule has 2 aliphatic heterocycles. The molecular formula is C19H16ClN5OS. The molecule has 0 saturated carbocycles. The summed E-state index contributed by atoms with van der Waals surface area (Å²) in [5.74, 6) is -0.381. The second kappa shape index (κ2) is 7.17. The number of rotatable bonds is 4. The maximum absolute atomic E-state index is 12.5. The number of nitrogens with zero attached hydrogens (tertiary/aromatic N) is 4. The molecule has 1 N–H and O–H groups in total. The summed E-state index contributed by atoms with van der Waals surface area (Å²) in [5, 5.41) is 16.3. The minimum absolute atomic E-state index is 0.0439. The lowest BCUT2D eigenvalue weighted by Gasteiger charge is -2.20. The van der Waals surface area contributed by atoms with E-state index >= 15 is 0 Å². The lowest BCUT2D eigenvalue weighted by Crippen LogP contribution is -2.35. The van der Waals surface area contributed by atoms with E-state index in [4.69, 9.17) is 17.0 Å². The van der Waals surface area contributed by atoms with E-state index in [-0.39, 0.29) is 11.4 Å². The third-order valence-electron chi connectivity index (χ3n) is 4.12. The number of carbonyl (C=O) groups excluding carboxylic acids is 1. The van der Waals surface area contributed by atoms with E-state index in [1.165, 1.54) is 16.8 Å². The maximum Gasteiger partial charge on any atom is 0.283 e. The van der Waals surface area contributed by atoms with Crippen molar-refractivity contribution in [3.05, 3.63) is 58.9 Å². The van der Waals surface area contributed by atoms with Crippen molar-refractivity contribution in [2.24, 2.45) is 10.1 Å². The van der Waals surface area contributed by atoms with Gasteiger partial charge in [0.25, 0.3) is 5.91 Å². The number of hydrogen-bond donors (Lipinski definition) is 1. The van der Waals surface area contributed by atoms with Crippen LogP contribution in [0.15, 0.2) is 58.3 Å². The van der Waals surface area contributed by atoms with Crippen LogP contribution < -0.4 is 0 Å². The number of halogens is 1. The third kappa shape index (κ3) is 3.36. The van der Waals surface area contributed by atoms with Crippen molar-refractivity contribution in [1.29, 1.82) is 5.41 Å². The Labute approximate surface area is 165 Å². The number of aromatic nitrogens is 1. The van der Waals surface area contributed by atoms with E-state index in [1.54, 1.807) is 12.1 Å². The minimum atomic E-state index is -0.425. The molecule has 1 aromatic carbocycles. The Bertz CT molecular complexity index is 1040. The van der Waals surface area contributed by atoms with E-state index in [0.29, 0.717) is 10.2 Å². The van der Waals surface area contributed by atoms with E-state index < -0.39 is 5.91 Å². The number of benzene rings is 1. The molecule has 0 aliphatic carbocycles. The molecule has 0 unspecified atom stereocenters. The van der Waals surface area contributed by atoms with Crippen molar-refractivity contribution in [2.75, 3.05) is 0 Å². The highest BCUT2D eigenvalue weighted by Crippen LogP contribution is 2.30. The summed E-state index contributed by atoms with van der Waals surface area (Å²) in [6.45, 7) is 2.06. The predicted molar refractivity (Wildman–Crippen MR) is 111 cm³/mol. The molecule has 136 valence electrons. The van der Waals surface area contributed by atoms with E-state index in [9.17, 15) is 4.79 Å². The van der Waals surface area contributed by atoms with Crippen LogP contribution in [0, 0.1) is 5.41 Å². The summed E-state index contributed by atoms with van der Waals surface area (Å²) in [5.41, 5.74) is 1.84. The highest BCUT2D eigenvalue weighted by molar-refractivity contribution is 8.26. The zero-order valence-corrected chi connectivity index (χ0v) is 16.1. The van der Waals surface area contributed by atoms with Crippen molar-refractivity contribution in [3.63, 3.8) is 0 Å². The molecule has 3 heterocycles. The standard InChI is InChI=1S/C19H16ClN5OS/c1-2-5-16-23-25-17(21)15(18(26)22-19(25)27-16)11-14-8-4-9-24(14)13-7-3-6-12(20)10-13/h3-4,6-11,21H,2,5H2,1H3/b15-11-,21-17?. The van der Waals surface area contributed by atoms with E-state index in [0.717, 1.165) is 29.3 Å². The quantitative estimate of drug-likeness (QED) is 0.769. The van der Waals surface area contributed by atoms with Gasteiger partial charge in [0.2, 0.25) is 5.17 Å². The Balaban J connectivity index is 1.71. The van der Waals surface area contributed by atoms with E-state index in [1.807, 2.05) is 41.1 Å². The molecule has 2 aromatic rings. The van der Waals surface area contributed by atoms with Gasteiger partial charge in [-0.2, -0.15) is 15.1 Å². The average Bonchev–Trinajstić information content (AvgIpc) is 3.26. The van der Waals surface area contributed by atoms with E-state index in [2.05, 4.69) is 17.0 Å². The van der Waals surface area contributed by atoms with Crippen molar-refractivity contribution >= 4 is 51.4 Å². The Kier molecular flexibility index (Phi) is 4.72. The van der Waals surface area contributed by atoms with Gasteiger partial charge >= 0.3 is 0 Å². The lowest BCUT2D eigenvalue weighted by molar-refractivity contribution is -0.114. The summed E-state index contributed by atoms with van der Waals surface area (Å²) >= 11 is 7.45. The number of carbonyl (C=O) groups is 1. The second-order valence-electron chi connectivity index (χ2n) is 6.05. The maximum atomic E-state index is 12.5. The number of hydrazone groups is 1. The summed E-state index contributed by atoms with van der Waals surface area (Å²) in [4.78, 5) is 16.6. The molecule has 0 radical (unpaired) electrons. The van der Waals surface area contributed by atoms with Gasteiger partial charge in [0, 0.05) is 22.6 Å². The van der Waals surface area contributed by atoms with Crippen LogP contribution in [0.5, 0.6) is 0 Å². The number of thioether (sulfide) groups is 1. The van der Waals surface area contributed by atoms with Crippen LogP contribution in [-0.2, 0) is 4.79 Å². The van der Waals surface area contributed by atoms with Crippen LogP contribution in [0.25, 0.3) is 11.8 Å². The molecule has 0 spiro atoms. The van der Waals surface area contributed by atoms with Gasteiger partial charge in [-0.15, -0.1) is 0 Å². The van der Waals surface area contributed by atoms with Crippen LogP contribution >= 0.6 is 23.4 Å². The molecule has 0 atom stereocenters. The predicted octanol–water partition coefficient (Wildman–Crippen LogP) is 4.55. The zero-order chi connectivity index (χ0) is 19.0. The molecule has 27 heavy (non-hydrogen) atoms. The SMILES string of the molecule is CCCC1=NN2C(=N)/C(=C/c3cccn3-c3cccc(Cl)c3)C(=O)N=C2S1. The van der Waals surface area contributed by atoms with Gasteiger partial charge < -0.3 is 4.57 Å².